The Balaban J connectivity index is 1.27. The van der Waals surface area contributed by atoms with Gasteiger partial charge >= 0.3 is 0 Å². The van der Waals surface area contributed by atoms with E-state index in [2.05, 4.69) is 56.4 Å². The van der Waals surface area contributed by atoms with Crippen molar-refractivity contribution in [2.24, 2.45) is 34.0 Å². The van der Waals surface area contributed by atoms with Gasteiger partial charge in [0.05, 0.1) is 32.4 Å². The predicted molar refractivity (Wildman–Crippen MR) is 126 cm³/mol. The zero-order valence-electron chi connectivity index (χ0n) is 20.0. The molecular weight excluding hydrogens is 378 g/mol. The molecule has 6 aliphatic rings. The Morgan fingerprint density at radius 3 is 2.68 bits per heavy atom. The summed E-state index contributed by atoms with van der Waals surface area (Å²) in [6.45, 7) is 9.24. The Bertz CT molecular complexity index is 806. The third kappa shape index (κ3) is 2.61. The number of ether oxygens (including phenoxy) is 1. The molecule has 6 bridgehead atoms. The van der Waals surface area contributed by atoms with Crippen molar-refractivity contribution < 1.29 is 4.74 Å². The number of hydrogen-bond acceptors (Lipinski definition) is 2. The van der Waals surface area contributed by atoms with Crippen LogP contribution in [0.25, 0.3) is 0 Å². The molecule has 2 heterocycles. The normalized spacial score (nSPS) is 46.9. The highest BCUT2D eigenvalue weighted by molar-refractivity contribution is 5.32. The number of piperidine rings is 2. The first kappa shape index (κ1) is 20.6. The van der Waals surface area contributed by atoms with Gasteiger partial charge in [-0.05, 0) is 85.0 Å². The third-order valence-electron chi connectivity index (χ3n) is 11.3. The van der Waals surface area contributed by atoms with Crippen LogP contribution in [0.3, 0.4) is 0 Å². The SMILES string of the molecule is C[C+](C)C1CCC2(C)C3CC[C@]45CCC[C@H]4C2(CCCOCc2ccccc2)C1NC35. The van der Waals surface area contributed by atoms with E-state index in [0.717, 1.165) is 37.0 Å². The Labute approximate surface area is 189 Å². The van der Waals surface area contributed by atoms with Crippen molar-refractivity contribution in [1.29, 1.82) is 0 Å². The Hall–Kier alpha value is -0.990. The molecular formula is C29H42NO+. The van der Waals surface area contributed by atoms with Gasteiger partial charge in [-0.1, -0.05) is 43.7 Å². The summed E-state index contributed by atoms with van der Waals surface area (Å²) in [7, 11) is 0. The van der Waals surface area contributed by atoms with Crippen molar-refractivity contribution in [2.45, 2.75) is 97.2 Å². The van der Waals surface area contributed by atoms with E-state index in [4.69, 9.17) is 4.74 Å². The van der Waals surface area contributed by atoms with Gasteiger partial charge in [0, 0.05) is 12.6 Å². The summed E-state index contributed by atoms with van der Waals surface area (Å²) < 4.78 is 6.20. The van der Waals surface area contributed by atoms with Crippen LogP contribution in [0.15, 0.2) is 30.3 Å². The van der Waals surface area contributed by atoms with E-state index in [1.807, 2.05) is 0 Å². The zero-order chi connectivity index (χ0) is 21.3. The first-order chi connectivity index (χ1) is 15.0. The zero-order valence-corrected chi connectivity index (χ0v) is 20.0. The molecule has 0 aromatic heterocycles. The first-order valence-electron chi connectivity index (χ1n) is 13.2. The van der Waals surface area contributed by atoms with Crippen molar-refractivity contribution in [3.8, 4) is 0 Å². The quantitative estimate of drug-likeness (QED) is 0.399. The lowest BCUT2D eigenvalue weighted by Gasteiger charge is -2.74. The summed E-state index contributed by atoms with van der Waals surface area (Å²) in [5.74, 6) is 4.32. The van der Waals surface area contributed by atoms with Crippen LogP contribution < -0.4 is 5.32 Å². The van der Waals surface area contributed by atoms with Gasteiger partial charge in [0.1, 0.15) is 5.92 Å². The van der Waals surface area contributed by atoms with Crippen LogP contribution in [-0.2, 0) is 11.3 Å². The lowest BCUT2D eigenvalue weighted by atomic mass is 9.33. The molecule has 4 aliphatic carbocycles. The molecule has 2 nitrogen and oxygen atoms in total. The van der Waals surface area contributed by atoms with Crippen LogP contribution in [0.2, 0.25) is 0 Å². The average Bonchev–Trinajstić information content (AvgIpc) is 3.35. The van der Waals surface area contributed by atoms with E-state index in [9.17, 15) is 0 Å². The van der Waals surface area contributed by atoms with Crippen molar-refractivity contribution in [3.63, 3.8) is 0 Å². The van der Waals surface area contributed by atoms with Crippen LogP contribution in [0.5, 0.6) is 0 Å². The topological polar surface area (TPSA) is 21.3 Å². The highest BCUT2D eigenvalue weighted by Crippen LogP contribution is 2.80. The Morgan fingerprint density at radius 1 is 1.03 bits per heavy atom. The summed E-state index contributed by atoms with van der Waals surface area (Å²) in [4.78, 5) is 0. The fraction of sp³-hybridized carbons (Fsp3) is 0.759. The van der Waals surface area contributed by atoms with Crippen molar-refractivity contribution in [1.82, 2.24) is 5.32 Å². The van der Waals surface area contributed by atoms with Gasteiger partial charge in [0.15, 0.2) is 0 Å². The average molecular weight is 421 g/mol. The van der Waals surface area contributed by atoms with Gasteiger partial charge in [0.2, 0.25) is 0 Å². The summed E-state index contributed by atoms with van der Waals surface area (Å²) in [5, 5.41) is 4.41. The number of benzene rings is 1. The molecule has 4 saturated carbocycles. The smallest absolute Gasteiger partial charge is 0.115 e. The lowest BCUT2D eigenvalue weighted by molar-refractivity contribution is -0.242. The lowest BCUT2D eigenvalue weighted by Crippen LogP contribution is -2.80. The minimum Gasteiger partial charge on any atom is -0.377 e. The minimum atomic E-state index is 0.482. The standard InChI is InChI=1S/C29H42NO/c1-20(2)22-12-16-27(3)23-13-17-28-14-7-11-24(28)29(27,25(22)30-26(23)28)15-8-18-31-19-21-9-5-4-6-10-21/h4-6,9-10,22-26,30H,7-8,11-19H2,1-3H3/q+1/t22?,23?,24-,25?,26?,27?,28-,29?/m1/s1. The highest BCUT2D eigenvalue weighted by Gasteiger charge is 2.80. The van der Waals surface area contributed by atoms with Gasteiger partial charge < -0.3 is 10.1 Å². The monoisotopic (exact) mass is 420 g/mol. The molecule has 7 rings (SSSR count). The number of nitrogens with one attached hydrogen (secondary N) is 1. The van der Waals surface area contributed by atoms with Crippen molar-refractivity contribution >= 4 is 0 Å². The summed E-state index contributed by atoms with van der Waals surface area (Å²) >= 11 is 0. The van der Waals surface area contributed by atoms with Crippen LogP contribution in [0.4, 0.5) is 0 Å². The van der Waals surface area contributed by atoms with Gasteiger partial charge in [-0.25, -0.2) is 0 Å². The molecule has 168 valence electrons. The van der Waals surface area contributed by atoms with E-state index >= 15 is 0 Å². The molecule has 2 aliphatic heterocycles. The van der Waals surface area contributed by atoms with Crippen LogP contribution in [-0.4, -0.2) is 18.7 Å². The summed E-state index contributed by atoms with van der Waals surface area (Å²) in [5.41, 5.74) is 2.95. The molecule has 6 fully saturated rings. The van der Waals surface area contributed by atoms with Gasteiger partial charge in [-0.2, -0.15) is 0 Å². The predicted octanol–water partition coefficient (Wildman–Crippen LogP) is 6.55. The second kappa shape index (κ2) is 7.26. The Kier molecular flexibility index (Phi) is 4.82. The van der Waals surface area contributed by atoms with Crippen LogP contribution in [0, 0.1) is 39.9 Å². The molecule has 1 N–H and O–H groups in total. The number of rotatable bonds is 7. The first-order valence-corrected chi connectivity index (χ1v) is 13.2. The molecule has 0 amide bonds. The Morgan fingerprint density at radius 2 is 1.87 bits per heavy atom. The second-order valence-corrected chi connectivity index (χ2v) is 12.3. The fourth-order valence-electron chi connectivity index (χ4n) is 10.3. The van der Waals surface area contributed by atoms with Crippen molar-refractivity contribution in [2.75, 3.05) is 6.61 Å². The van der Waals surface area contributed by atoms with Crippen LogP contribution in [0.1, 0.15) is 84.1 Å². The minimum absolute atomic E-state index is 0.482. The third-order valence-corrected chi connectivity index (χ3v) is 11.3. The van der Waals surface area contributed by atoms with E-state index in [1.54, 1.807) is 5.92 Å². The highest BCUT2D eigenvalue weighted by atomic mass is 16.5. The largest absolute Gasteiger partial charge is 0.377 e. The molecule has 0 radical (unpaired) electrons. The van der Waals surface area contributed by atoms with E-state index in [1.165, 1.54) is 63.4 Å². The van der Waals surface area contributed by atoms with Gasteiger partial charge in [-0.15, -0.1) is 0 Å². The maximum Gasteiger partial charge on any atom is 0.115 e. The molecule has 2 saturated heterocycles. The molecule has 2 heteroatoms. The van der Waals surface area contributed by atoms with Gasteiger partial charge in [0.25, 0.3) is 0 Å². The summed E-state index contributed by atoms with van der Waals surface area (Å²) in [6.07, 6.45) is 12.9. The maximum absolute atomic E-state index is 6.20. The van der Waals surface area contributed by atoms with Crippen LogP contribution >= 0.6 is 0 Å². The van der Waals surface area contributed by atoms with E-state index in [0.29, 0.717) is 22.3 Å². The number of hydrogen-bond donors (Lipinski definition) is 1. The van der Waals surface area contributed by atoms with Crippen molar-refractivity contribution in [3.05, 3.63) is 41.8 Å². The molecule has 6 unspecified atom stereocenters. The molecule has 31 heavy (non-hydrogen) atoms. The second-order valence-electron chi connectivity index (χ2n) is 12.3. The van der Waals surface area contributed by atoms with Gasteiger partial charge in [-0.3, -0.25) is 0 Å². The van der Waals surface area contributed by atoms with E-state index in [-0.39, 0.29) is 0 Å². The maximum atomic E-state index is 6.20. The fourth-order valence-corrected chi connectivity index (χ4v) is 10.3. The van der Waals surface area contributed by atoms with E-state index < -0.39 is 0 Å². The molecule has 1 aromatic carbocycles. The summed E-state index contributed by atoms with van der Waals surface area (Å²) in [6, 6.07) is 12.2. The molecule has 8 atom stereocenters. The molecule has 1 spiro atoms. The molecule has 1 aromatic rings.